The maximum absolute atomic E-state index is 12.0. The molecule has 1 aliphatic carbocycles. The Hall–Kier alpha value is -1.89. The number of amides is 1. The van der Waals surface area contributed by atoms with Crippen molar-refractivity contribution in [2.75, 3.05) is 11.6 Å². The first-order valence-electron chi connectivity index (χ1n) is 6.56. The molecule has 0 unspecified atom stereocenters. The van der Waals surface area contributed by atoms with Crippen LogP contribution in [-0.4, -0.2) is 31.7 Å². The van der Waals surface area contributed by atoms with E-state index in [-0.39, 0.29) is 11.3 Å². The molecule has 1 aromatic carbocycles. The van der Waals surface area contributed by atoms with E-state index in [4.69, 9.17) is 0 Å². The number of benzene rings is 1. The average molecular weight is 311 g/mol. The van der Waals surface area contributed by atoms with Gasteiger partial charge in [0.25, 0.3) is 0 Å². The van der Waals surface area contributed by atoms with E-state index in [1.54, 1.807) is 6.07 Å². The molecule has 1 aliphatic rings. The van der Waals surface area contributed by atoms with Gasteiger partial charge in [0.05, 0.1) is 10.3 Å². The fraction of sp³-hybridized carbons (Fsp3) is 0.429. The van der Waals surface area contributed by atoms with Crippen LogP contribution in [0.1, 0.15) is 25.7 Å². The molecular formula is C14H17NO5S. The molecule has 21 heavy (non-hydrogen) atoms. The van der Waals surface area contributed by atoms with Crippen LogP contribution in [0.2, 0.25) is 0 Å². The van der Waals surface area contributed by atoms with E-state index in [1.165, 1.54) is 18.2 Å². The predicted molar refractivity (Wildman–Crippen MR) is 76.7 cm³/mol. The van der Waals surface area contributed by atoms with Gasteiger partial charge < -0.3 is 10.4 Å². The summed E-state index contributed by atoms with van der Waals surface area (Å²) in [6, 6.07) is 5.90. The Balaban J connectivity index is 2.08. The monoisotopic (exact) mass is 311 g/mol. The Morgan fingerprint density at radius 2 is 2.00 bits per heavy atom. The summed E-state index contributed by atoms with van der Waals surface area (Å²) in [5.41, 5.74) is -0.610. The Bertz CT molecular complexity index is 676. The molecular weight excluding hydrogens is 294 g/mol. The molecule has 0 heterocycles. The molecule has 0 aliphatic heterocycles. The Kier molecular flexibility index (Phi) is 4.04. The summed E-state index contributed by atoms with van der Waals surface area (Å²) in [5.74, 6) is -1.36. The van der Waals surface area contributed by atoms with Crippen molar-refractivity contribution < 1.29 is 23.1 Å². The highest BCUT2D eigenvalue weighted by Crippen LogP contribution is 2.44. The molecule has 114 valence electrons. The number of carboxylic acid groups (broad SMARTS) is 1. The minimum atomic E-state index is -3.35. The number of carbonyl (C=O) groups excluding carboxylic acids is 1. The van der Waals surface area contributed by atoms with Crippen LogP contribution >= 0.6 is 0 Å². The molecule has 0 spiro atoms. The number of carbonyl (C=O) groups is 2. The number of anilines is 1. The molecule has 0 bridgehead atoms. The number of hydrogen-bond donors (Lipinski definition) is 2. The van der Waals surface area contributed by atoms with Gasteiger partial charge in [-0.15, -0.1) is 0 Å². The smallest absolute Gasteiger partial charge is 0.310 e. The molecule has 1 amide bonds. The van der Waals surface area contributed by atoms with Crippen LogP contribution in [-0.2, 0) is 19.4 Å². The summed E-state index contributed by atoms with van der Waals surface area (Å²) >= 11 is 0. The number of carboxylic acids is 1. The minimum Gasteiger partial charge on any atom is -0.481 e. The van der Waals surface area contributed by atoms with E-state index < -0.39 is 27.1 Å². The number of nitrogens with one attached hydrogen (secondary N) is 1. The second-order valence-corrected chi connectivity index (χ2v) is 7.48. The van der Waals surface area contributed by atoms with Gasteiger partial charge in [-0.25, -0.2) is 8.42 Å². The van der Waals surface area contributed by atoms with Crippen molar-refractivity contribution in [1.29, 1.82) is 0 Å². The summed E-state index contributed by atoms with van der Waals surface area (Å²) < 4.78 is 22.9. The van der Waals surface area contributed by atoms with Gasteiger partial charge in [-0.2, -0.15) is 0 Å². The fourth-order valence-corrected chi connectivity index (χ4v) is 3.05. The molecule has 0 aromatic heterocycles. The minimum absolute atomic E-state index is 0.0918. The largest absolute Gasteiger partial charge is 0.481 e. The van der Waals surface area contributed by atoms with Crippen molar-refractivity contribution in [3.63, 3.8) is 0 Å². The second kappa shape index (κ2) is 5.48. The van der Waals surface area contributed by atoms with E-state index in [9.17, 15) is 23.1 Å². The van der Waals surface area contributed by atoms with Gasteiger partial charge in [0.2, 0.25) is 5.91 Å². The zero-order valence-corrected chi connectivity index (χ0v) is 12.4. The molecule has 0 saturated heterocycles. The lowest BCUT2D eigenvalue weighted by Gasteiger charge is -2.36. The highest BCUT2D eigenvalue weighted by atomic mass is 32.2. The van der Waals surface area contributed by atoms with Crippen molar-refractivity contribution in [1.82, 2.24) is 0 Å². The molecule has 1 aromatic rings. The molecule has 1 saturated carbocycles. The zero-order valence-electron chi connectivity index (χ0n) is 11.6. The Morgan fingerprint density at radius 1 is 1.33 bits per heavy atom. The number of aliphatic carboxylic acids is 1. The fourth-order valence-electron chi connectivity index (χ4n) is 2.39. The third-order valence-electron chi connectivity index (χ3n) is 3.81. The third kappa shape index (κ3) is 3.41. The topological polar surface area (TPSA) is 101 Å². The van der Waals surface area contributed by atoms with E-state index in [1.807, 2.05) is 0 Å². The Labute approximate surface area is 123 Å². The van der Waals surface area contributed by atoms with E-state index in [0.29, 0.717) is 18.5 Å². The van der Waals surface area contributed by atoms with E-state index in [0.717, 1.165) is 12.7 Å². The summed E-state index contributed by atoms with van der Waals surface area (Å²) in [4.78, 5) is 23.3. The van der Waals surface area contributed by atoms with Crippen molar-refractivity contribution in [3.8, 4) is 0 Å². The highest BCUT2D eigenvalue weighted by Gasteiger charge is 2.45. The van der Waals surface area contributed by atoms with Gasteiger partial charge >= 0.3 is 5.97 Å². The van der Waals surface area contributed by atoms with Gasteiger partial charge in [-0.1, -0.05) is 12.5 Å². The average Bonchev–Trinajstić information content (AvgIpc) is 2.32. The molecule has 6 nitrogen and oxygen atoms in total. The quantitative estimate of drug-likeness (QED) is 0.861. The van der Waals surface area contributed by atoms with Gasteiger partial charge in [-0.3, -0.25) is 9.59 Å². The predicted octanol–water partition coefficient (Wildman–Crippen LogP) is 1.67. The van der Waals surface area contributed by atoms with Gasteiger partial charge in [-0.05, 0) is 31.0 Å². The lowest BCUT2D eigenvalue weighted by molar-refractivity contribution is -0.157. The molecule has 0 atom stereocenters. The molecule has 0 radical (unpaired) electrons. The lowest BCUT2D eigenvalue weighted by Crippen LogP contribution is -2.41. The second-order valence-electron chi connectivity index (χ2n) is 5.46. The van der Waals surface area contributed by atoms with E-state index in [2.05, 4.69) is 5.32 Å². The van der Waals surface area contributed by atoms with Crippen LogP contribution in [0.3, 0.4) is 0 Å². The Morgan fingerprint density at radius 3 is 2.48 bits per heavy atom. The van der Waals surface area contributed by atoms with E-state index >= 15 is 0 Å². The van der Waals surface area contributed by atoms with Crippen LogP contribution in [0, 0.1) is 5.41 Å². The lowest BCUT2D eigenvalue weighted by atomic mass is 9.66. The van der Waals surface area contributed by atoms with Crippen LogP contribution < -0.4 is 5.32 Å². The van der Waals surface area contributed by atoms with Crippen LogP contribution in [0.15, 0.2) is 29.2 Å². The maximum atomic E-state index is 12.0. The first kappa shape index (κ1) is 15.5. The van der Waals surface area contributed by atoms with Crippen molar-refractivity contribution in [3.05, 3.63) is 24.3 Å². The molecule has 2 N–H and O–H groups in total. The van der Waals surface area contributed by atoms with Crippen LogP contribution in [0.25, 0.3) is 0 Å². The summed E-state index contributed by atoms with van der Waals surface area (Å²) in [6.45, 7) is 0. The van der Waals surface area contributed by atoms with Crippen LogP contribution in [0.5, 0.6) is 0 Å². The first-order valence-corrected chi connectivity index (χ1v) is 8.45. The first-order chi connectivity index (χ1) is 9.73. The van der Waals surface area contributed by atoms with Crippen molar-refractivity contribution >= 4 is 27.4 Å². The number of sulfone groups is 1. The number of rotatable bonds is 5. The van der Waals surface area contributed by atoms with Gasteiger partial charge in [0, 0.05) is 18.4 Å². The summed E-state index contributed by atoms with van der Waals surface area (Å²) in [6.07, 6.45) is 2.80. The van der Waals surface area contributed by atoms with Crippen LogP contribution in [0.4, 0.5) is 5.69 Å². The normalized spacial score (nSPS) is 16.8. The van der Waals surface area contributed by atoms with Gasteiger partial charge in [0.1, 0.15) is 0 Å². The molecule has 1 fully saturated rings. The molecule has 7 heteroatoms. The molecule has 2 rings (SSSR count). The maximum Gasteiger partial charge on any atom is 0.310 e. The zero-order chi connectivity index (χ0) is 15.7. The SMILES string of the molecule is CS(=O)(=O)c1cccc(NC(=O)CC2(C(=O)O)CCC2)c1. The van der Waals surface area contributed by atoms with Gasteiger partial charge in [0.15, 0.2) is 9.84 Å². The summed E-state index contributed by atoms with van der Waals surface area (Å²) in [7, 11) is -3.35. The van der Waals surface area contributed by atoms with Crippen molar-refractivity contribution in [2.45, 2.75) is 30.6 Å². The number of hydrogen-bond acceptors (Lipinski definition) is 4. The third-order valence-corrected chi connectivity index (χ3v) is 4.92. The standard InChI is InChI=1S/C14H17NO5S/c1-21(19,20)11-5-2-4-10(8-11)15-12(16)9-14(13(17)18)6-3-7-14/h2,4-5,8H,3,6-7,9H2,1H3,(H,15,16)(H,17,18). The summed E-state index contributed by atoms with van der Waals surface area (Å²) in [5, 5.41) is 11.8. The van der Waals surface area contributed by atoms with Crippen molar-refractivity contribution in [2.24, 2.45) is 5.41 Å². The highest BCUT2D eigenvalue weighted by molar-refractivity contribution is 7.90.